The first-order chi connectivity index (χ1) is 16.4. The predicted molar refractivity (Wildman–Crippen MR) is 125 cm³/mol. The van der Waals surface area contributed by atoms with E-state index in [1.54, 1.807) is 42.5 Å². The van der Waals surface area contributed by atoms with Gasteiger partial charge in [-0.05, 0) is 42.0 Å². The summed E-state index contributed by atoms with van der Waals surface area (Å²) in [6.45, 7) is -0.673. The maximum atomic E-state index is 14.0. The first-order valence-electron chi connectivity index (χ1n) is 10.5. The monoisotopic (exact) mass is 461 g/mol. The molecular formula is C27H21F2NO4. The molecule has 34 heavy (non-hydrogen) atoms. The molecule has 0 aliphatic carbocycles. The third kappa shape index (κ3) is 6.38. The number of hydrogen-bond acceptors (Lipinski definition) is 4. The van der Waals surface area contributed by atoms with Crippen molar-refractivity contribution in [3.8, 4) is 0 Å². The van der Waals surface area contributed by atoms with Crippen molar-refractivity contribution < 1.29 is 23.3 Å². The fourth-order valence-corrected chi connectivity index (χ4v) is 3.57. The molecule has 0 saturated heterocycles. The Morgan fingerprint density at radius 2 is 1.21 bits per heavy atom. The van der Waals surface area contributed by atoms with Gasteiger partial charge in [0.1, 0.15) is 11.6 Å². The Hall–Kier alpha value is -4.26. The number of hydrogen-bond donors (Lipinski definition) is 0. The third-order valence-corrected chi connectivity index (χ3v) is 5.25. The number of benzene rings is 3. The van der Waals surface area contributed by atoms with Crippen LogP contribution in [0.5, 0.6) is 0 Å². The number of rotatable bonds is 10. The van der Waals surface area contributed by atoms with Crippen molar-refractivity contribution in [2.45, 2.75) is 5.92 Å². The van der Waals surface area contributed by atoms with Gasteiger partial charge >= 0.3 is 0 Å². The van der Waals surface area contributed by atoms with Crippen LogP contribution >= 0.6 is 0 Å². The average Bonchev–Trinajstić information content (AvgIpc) is 2.83. The Kier molecular flexibility index (Phi) is 8.29. The molecule has 0 unspecified atom stereocenters. The molecule has 172 valence electrons. The van der Waals surface area contributed by atoms with E-state index < -0.39 is 46.5 Å². The Morgan fingerprint density at radius 1 is 0.765 bits per heavy atom. The second-order valence-electron chi connectivity index (χ2n) is 7.52. The molecular weight excluding hydrogens is 440 g/mol. The highest BCUT2D eigenvalue weighted by molar-refractivity contribution is 6.14. The van der Waals surface area contributed by atoms with Gasteiger partial charge < -0.3 is 0 Å². The van der Waals surface area contributed by atoms with Gasteiger partial charge in [0.2, 0.25) is 6.54 Å². The Labute approximate surface area is 195 Å². The normalized spacial score (nSPS) is 12.3. The molecule has 3 aromatic carbocycles. The van der Waals surface area contributed by atoms with Crippen LogP contribution in [0.15, 0.2) is 91.0 Å². The fraction of sp³-hybridized carbons (Fsp3) is 0.111. The second kappa shape index (κ2) is 11.6. The Morgan fingerprint density at radius 3 is 1.65 bits per heavy atom. The van der Waals surface area contributed by atoms with Crippen LogP contribution in [0.1, 0.15) is 22.6 Å². The molecule has 0 heterocycles. The molecule has 0 spiro atoms. The zero-order valence-corrected chi connectivity index (χ0v) is 18.0. The number of allylic oxidation sites excluding steroid dienone is 2. The molecule has 0 aliphatic heterocycles. The lowest BCUT2D eigenvalue weighted by atomic mass is 9.80. The van der Waals surface area contributed by atoms with E-state index in [4.69, 9.17) is 0 Å². The predicted octanol–water partition coefficient (Wildman–Crippen LogP) is 5.51. The quantitative estimate of drug-likeness (QED) is 0.173. The first kappa shape index (κ1) is 24.4. The minimum atomic E-state index is -1.46. The first-order valence-corrected chi connectivity index (χ1v) is 10.5. The second-order valence-corrected chi connectivity index (χ2v) is 7.52. The van der Waals surface area contributed by atoms with Crippen LogP contribution in [0, 0.1) is 27.7 Å². The lowest BCUT2D eigenvalue weighted by molar-refractivity contribution is -0.484. The van der Waals surface area contributed by atoms with Crippen molar-refractivity contribution in [1.29, 1.82) is 0 Å². The summed E-state index contributed by atoms with van der Waals surface area (Å²) in [6, 6.07) is 19.8. The van der Waals surface area contributed by atoms with E-state index >= 15 is 0 Å². The van der Waals surface area contributed by atoms with Crippen LogP contribution in [0.3, 0.4) is 0 Å². The highest BCUT2D eigenvalue weighted by Crippen LogP contribution is 2.28. The summed E-state index contributed by atoms with van der Waals surface area (Å²) in [6.07, 6.45) is 4.56. The van der Waals surface area contributed by atoms with E-state index in [1.165, 1.54) is 48.6 Å². The van der Waals surface area contributed by atoms with E-state index in [0.717, 1.165) is 12.2 Å². The smallest absolute Gasteiger partial charge is 0.211 e. The van der Waals surface area contributed by atoms with Gasteiger partial charge in [-0.25, -0.2) is 8.78 Å². The molecule has 0 aliphatic rings. The van der Waals surface area contributed by atoms with Crippen LogP contribution in [0.4, 0.5) is 8.78 Å². The Balaban J connectivity index is 2.01. The minimum Gasteiger partial charge on any atom is -0.294 e. The van der Waals surface area contributed by atoms with E-state index in [0.29, 0.717) is 5.56 Å². The molecule has 0 fully saturated rings. The van der Waals surface area contributed by atoms with Gasteiger partial charge in [0, 0.05) is 16.1 Å². The van der Waals surface area contributed by atoms with Gasteiger partial charge in [0.25, 0.3) is 0 Å². The van der Waals surface area contributed by atoms with Gasteiger partial charge in [0.15, 0.2) is 11.6 Å². The third-order valence-electron chi connectivity index (χ3n) is 5.25. The van der Waals surface area contributed by atoms with Crippen LogP contribution in [-0.2, 0) is 9.59 Å². The molecule has 3 aromatic rings. The zero-order chi connectivity index (χ0) is 24.5. The summed E-state index contributed by atoms with van der Waals surface area (Å²) in [5.74, 6) is -5.09. The molecule has 3 rings (SSSR count). The van der Waals surface area contributed by atoms with Crippen LogP contribution in [-0.4, -0.2) is 23.0 Å². The van der Waals surface area contributed by atoms with Crippen molar-refractivity contribution in [2.24, 2.45) is 5.92 Å². The summed E-state index contributed by atoms with van der Waals surface area (Å²) in [5.41, 5.74) is 0.702. The van der Waals surface area contributed by atoms with Crippen LogP contribution < -0.4 is 0 Å². The summed E-state index contributed by atoms with van der Waals surface area (Å²) >= 11 is 0. The topological polar surface area (TPSA) is 77.3 Å². The standard InChI is InChI=1S/C27H21F2NO4/c28-23-12-6-4-10-20(23)14-16-25(31)27(22(18-30(33)34)19-8-2-1-3-9-19)26(32)17-15-21-11-5-7-13-24(21)29/h1-17,22,27H,18H2/b16-14+,17-15+/t22-/m1/s1. The van der Waals surface area contributed by atoms with E-state index in [2.05, 4.69) is 0 Å². The summed E-state index contributed by atoms with van der Waals surface area (Å²) < 4.78 is 28.0. The summed E-state index contributed by atoms with van der Waals surface area (Å²) in [5, 5.41) is 11.4. The molecule has 0 saturated carbocycles. The molecule has 5 nitrogen and oxygen atoms in total. The number of halogens is 2. The van der Waals surface area contributed by atoms with Crippen molar-refractivity contribution in [3.05, 3.63) is 129 Å². The lowest BCUT2D eigenvalue weighted by Crippen LogP contribution is -2.32. The van der Waals surface area contributed by atoms with Crippen molar-refractivity contribution in [2.75, 3.05) is 6.54 Å². The van der Waals surface area contributed by atoms with Gasteiger partial charge in [-0.15, -0.1) is 0 Å². The van der Waals surface area contributed by atoms with E-state index in [9.17, 15) is 28.5 Å². The number of ketones is 2. The SMILES string of the molecule is O=C(/C=C/c1ccccc1F)C(C(=O)/C=C/c1ccccc1F)[C@H](C[N+](=O)[O-])c1ccccc1. The van der Waals surface area contributed by atoms with Gasteiger partial charge in [-0.1, -0.05) is 66.7 Å². The van der Waals surface area contributed by atoms with Crippen LogP contribution in [0.25, 0.3) is 12.2 Å². The molecule has 0 N–H and O–H groups in total. The maximum absolute atomic E-state index is 14.0. The summed E-state index contributed by atoms with van der Waals surface area (Å²) in [7, 11) is 0. The van der Waals surface area contributed by atoms with E-state index in [-0.39, 0.29) is 11.1 Å². The van der Waals surface area contributed by atoms with Crippen LogP contribution in [0.2, 0.25) is 0 Å². The molecule has 1 atom stereocenters. The number of nitro groups is 1. The Bertz CT molecular complexity index is 1170. The fourth-order valence-electron chi connectivity index (χ4n) is 3.57. The minimum absolute atomic E-state index is 0.134. The molecule has 0 radical (unpaired) electrons. The highest BCUT2D eigenvalue weighted by Gasteiger charge is 2.36. The van der Waals surface area contributed by atoms with E-state index in [1.807, 2.05) is 0 Å². The van der Waals surface area contributed by atoms with Gasteiger partial charge in [-0.2, -0.15) is 0 Å². The molecule has 7 heteroatoms. The average molecular weight is 461 g/mol. The van der Waals surface area contributed by atoms with Crippen molar-refractivity contribution in [1.82, 2.24) is 0 Å². The maximum Gasteiger partial charge on any atom is 0.211 e. The van der Waals surface area contributed by atoms with Crippen molar-refractivity contribution >= 4 is 23.7 Å². The number of carbonyl (C=O) groups is 2. The zero-order valence-electron chi connectivity index (χ0n) is 18.0. The van der Waals surface area contributed by atoms with Gasteiger partial charge in [0.05, 0.1) is 11.8 Å². The molecule has 0 amide bonds. The van der Waals surface area contributed by atoms with Gasteiger partial charge in [-0.3, -0.25) is 19.7 Å². The highest BCUT2D eigenvalue weighted by atomic mass is 19.1. The number of nitrogens with zero attached hydrogens (tertiary/aromatic N) is 1. The largest absolute Gasteiger partial charge is 0.294 e. The summed E-state index contributed by atoms with van der Waals surface area (Å²) in [4.78, 5) is 37.2. The molecule has 0 bridgehead atoms. The van der Waals surface area contributed by atoms with Crippen molar-refractivity contribution in [3.63, 3.8) is 0 Å². The molecule has 0 aromatic heterocycles. The lowest BCUT2D eigenvalue weighted by Gasteiger charge is -2.20. The number of carbonyl (C=O) groups excluding carboxylic acids is 2.